The van der Waals surface area contributed by atoms with E-state index in [1.54, 1.807) is 0 Å². The lowest BCUT2D eigenvalue weighted by atomic mass is 9.95. The third kappa shape index (κ3) is 34.1. The van der Waals surface area contributed by atoms with Gasteiger partial charge in [0.15, 0.2) is 0 Å². The molecule has 2 atom stereocenters. The van der Waals surface area contributed by atoms with E-state index in [0.717, 1.165) is 11.8 Å². The van der Waals surface area contributed by atoms with Crippen LogP contribution in [-0.2, 0) is 0 Å². The molecule has 0 fully saturated rings. The van der Waals surface area contributed by atoms with Crippen molar-refractivity contribution in [1.29, 1.82) is 0 Å². The van der Waals surface area contributed by atoms with Crippen molar-refractivity contribution in [2.75, 3.05) is 0 Å². The second-order valence-corrected chi connectivity index (χ2v) is 13.9. The van der Waals surface area contributed by atoms with Crippen molar-refractivity contribution in [2.24, 2.45) is 11.8 Å². The van der Waals surface area contributed by atoms with E-state index < -0.39 is 0 Å². The van der Waals surface area contributed by atoms with Crippen LogP contribution in [0.4, 0.5) is 0 Å². The smallest absolute Gasteiger partial charge is 0.0443 e. The van der Waals surface area contributed by atoms with E-state index in [9.17, 15) is 0 Å². The molecular formula is C39H80. The van der Waals surface area contributed by atoms with Gasteiger partial charge in [-0.15, -0.1) is 0 Å². The molecule has 0 saturated carbocycles. The molecule has 0 aliphatic carbocycles. The van der Waals surface area contributed by atoms with Crippen LogP contribution in [0.2, 0.25) is 0 Å². The quantitative estimate of drug-likeness (QED) is 0.0701. The Morgan fingerprint density at radius 2 is 0.462 bits per heavy atom. The van der Waals surface area contributed by atoms with Gasteiger partial charge in [-0.3, -0.25) is 0 Å². The maximum Gasteiger partial charge on any atom is -0.0443 e. The number of hydrogen-bond donors (Lipinski definition) is 0. The summed E-state index contributed by atoms with van der Waals surface area (Å²) in [5, 5.41) is 0. The monoisotopic (exact) mass is 549 g/mol. The van der Waals surface area contributed by atoms with E-state index in [1.165, 1.54) is 212 Å². The minimum Gasteiger partial charge on any atom is -0.0654 e. The van der Waals surface area contributed by atoms with Crippen LogP contribution in [0.15, 0.2) is 0 Å². The molecule has 0 aromatic rings. The van der Waals surface area contributed by atoms with E-state index in [4.69, 9.17) is 0 Å². The van der Waals surface area contributed by atoms with Crippen molar-refractivity contribution < 1.29 is 0 Å². The van der Waals surface area contributed by atoms with Gasteiger partial charge in [0.25, 0.3) is 0 Å². The Kier molecular flexibility index (Phi) is 34.2. The largest absolute Gasteiger partial charge is 0.0654 e. The van der Waals surface area contributed by atoms with Gasteiger partial charge in [-0.25, -0.2) is 0 Å². The molecule has 0 aromatic carbocycles. The Morgan fingerprint density at radius 1 is 0.256 bits per heavy atom. The number of unbranched alkanes of at least 4 members (excludes halogenated alkanes) is 27. The van der Waals surface area contributed by atoms with Crippen molar-refractivity contribution in [3.8, 4) is 0 Å². The highest BCUT2D eigenvalue weighted by atomic mass is 14.1. The molecule has 0 spiro atoms. The van der Waals surface area contributed by atoms with Gasteiger partial charge in [0.05, 0.1) is 0 Å². The molecule has 0 saturated heterocycles. The molecule has 39 heavy (non-hydrogen) atoms. The molecule has 0 rings (SSSR count). The molecule has 0 heteroatoms. The maximum absolute atomic E-state index is 2.51. The van der Waals surface area contributed by atoms with Crippen LogP contribution < -0.4 is 0 Å². The summed E-state index contributed by atoms with van der Waals surface area (Å²) in [6, 6.07) is 0. The molecule has 0 aliphatic rings. The van der Waals surface area contributed by atoms with Crippen molar-refractivity contribution >= 4 is 0 Å². The van der Waals surface area contributed by atoms with Gasteiger partial charge in [-0.1, -0.05) is 240 Å². The number of hydrogen-bond acceptors (Lipinski definition) is 0. The zero-order valence-electron chi connectivity index (χ0n) is 28.5. The minimum absolute atomic E-state index is 0.944. The highest BCUT2D eigenvalue weighted by Crippen LogP contribution is 2.20. The fourth-order valence-electron chi connectivity index (χ4n) is 6.32. The van der Waals surface area contributed by atoms with Crippen LogP contribution in [0.5, 0.6) is 0 Å². The summed E-state index contributed by atoms with van der Waals surface area (Å²) in [7, 11) is 0. The Bertz CT molecular complexity index is 412. The average molecular weight is 549 g/mol. The molecule has 0 amide bonds. The van der Waals surface area contributed by atoms with E-state index in [1.807, 2.05) is 0 Å². The molecular weight excluding hydrogens is 468 g/mol. The molecule has 0 radical (unpaired) electrons. The Morgan fingerprint density at radius 3 is 0.692 bits per heavy atom. The van der Waals surface area contributed by atoms with Crippen molar-refractivity contribution in [3.05, 3.63) is 0 Å². The van der Waals surface area contributed by atoms with E-state index in [0.29, 0.717) is 0 Å². The van der Waals surface area contributed by atoms with Gasteiger partial charge >= 0.3 is 0 Å². The fourth-order valence-corrected chi connectivity index (χ4v) is 6.32. The fraction of sp³-hybridized carbons (Fsp3) is 1.00. The van der Waals surface area contributed by atoms with Gasteiger partial charge in [0, 0.05) is 0 Å². The van der Waals surface area contributed by atoms with Crippen LogP contribution in [0.1, 0.15) is 240 Å². The maximum atomic E-state index is 2.51. The molecule has 0 aromatic heterocycles. The van der Waals surface area contributed by atoms with Gasteiger partial charge in [0.1, 0.15) is 0 Å². The summed E-state index contributed by atoms with van der Waals surface area (Å²) in [6.07, 6.45) is 48.7. The summed E-state index contributed by atoms with van der Waals surface area (Å²) in [6.45, 7) is 9.55. The van der Waals surface area contributed by atoms with Crippen molar-refractivity contribution in [2.45, 2.75) is 240 Å². The SMILES string of the molecule is CCCCCCCCCCCCCCCCCCCCCCCCC(C)CCCCCCCCCC(C)CC. The van der Waals surface area contributed by atoms with Crippen molar-refractivity contribution in [3.63, 3.8) is 0 Å². The zero-order chi connectivity index (χ0) is 28.5. The molecule has 0 N–H and O–H groups in total. The first-order chi connectivity index (χ1) is 19.2. The summed E-state index contributed by atoms with van der Waals surface area (Å²) < 4.78 is 0. The normalized spacial score (nSPS) is 13.2. The average Bonchev–Trinajstić information content (AvgIpc) is 2.94. The minimum atomic E-state index is 0.944. The van der Waals surface area contributed by atoms with Crippen LogP contribution in [0.3, 0.4) is 0 Å². The van der Waals surface area contributed by atoms with E-state index in [2.05, 4.69) is 27.7 Å². The lowest BCUT2D eigenvalue weighted by molar-refractivity contribution is 0.428. The van der Waals surface area contributed by atoms with Gasteiger partial charge in [0.2, 0.25) is 0 Å². The molecule has 0 heterocycles. The Labute approximate surface area is 251 Å². The highest BCUT2D eigenvalue weighted by Gasteiger charge is 2.03. The summed E-state index contributed by atoms with van der Waals surface area (Å²) >= 11 is 0. The first kappa shape index (κ1) is 39.0. The first-order valence-corrected chi connectivity index (χ1v) is 19.2. The summed E-state index contributed by atoms with van der Waals surface area (Å²) in [5.74, 6) is 1.91. The Hall–Kier alpha value is 0. The second kappa shape index (κ2) is 34.2. The van der Waals surface area contributed by atoms with Gasteiger partial charge in [-0.05, 0) is 11.8 Å². The summed E-state index contributed by atoms with van der Waals surface area (Å²) in [4.78, 5) is 0. The lowest BCUT2D eigenvalue weighted by Gasteiger charge is -2.11. The standard InChI is InChI=1S/C39H80/c1-5-7-8-9-10-11-12-13-14-15-16-17-18-19-20-21-22-23-24-26-30-33-36-39(4)37-34-31-28-25-27-29-32-35-38(3)6-2/h38-39H,5-37H2,1-4H3. The lowest BCUT2D eigenvalue weighted by Crippen LogP contribution is -1.95. The first-order valence-electron chi connectivity index (χ1n) is 19.2. The predicted molar refractivity (Wildman–Crippen MR) is 182 cm³/mol. The predicted octanol–water partition coefficient (Wildman–Crippen LogP) is 15.2. The van der Waals surface area contributed by atoms with Crippen LogP contribution >= 0.6 is 0 Å². The van der Waals surface area contributed by atoms with Crippen molar-refractivity contribution in [1.82, 2.24) is 0 Å². The molecule has 236 valence electrons. The summed E-state index contributed by atoms with van der Waals surface area (Å²) in [5.41, 5.74) is 0. The molecule has 0 bridgehead atoms. The molecule has 0 aliphatic heterocycles. The van der Waals surface area contributed by atoms with Gasteiger partial charge < -0.3 is 0 Å². The third-order valence-corrected chi connectivity index (χ3v) is 9.64. The third-order valence-electron chi connectivity index (χ3n) is 9.64. The topological polar surface area (TPSA) is 0 Å². The molecule has 2 unspecified atom stereocenters. The number of rotatable bonds is 34. The van der Waals surface area contributed by atoms with Gasteiger partial charge in [-0.2, -0.15) is 0 Å². The van der Waals surface area contributed by atoms with Crippen LogP contribution in [0, 0.1) is 11.8 Å². The highest BCUT2D eigenvalue weighted by molar-refractivity contribution is 4.57. The second-order valence-electron chi connectivity index (χ2n) is 13.9. The zero-order valence-corrected chi connectivity index (χ0v) is 28.5. The molecule has 0 nitrogen and oxygen atoms in total. The Balaban J connectivity index is 3.14. The van der Waals surface area contributed by atoms with E-state index >= 15 is 0 Å². The van der Waals surface area contributed by atoms with E-state index in [-0.39, 0.29) is 0 Å². The van der Waals surface area contributed by atoms with Crippen LogP contribution in [-0.4, -0.2) is 0 Å². The van der Waals surface area contributed by atoms with Crippen LogP contribution in [0.25, 0.3) is 0 Å².